The van der Waals surface area contributed by atoms with Crippen LogP contribution in [0.5, 0.6) is 0 Å². The van der Waals surface area contributed by atoms with Gasteiger partial charge in [0, 0.05) is 18.5 Å². The third-order valence-corrected chi connectivity index (χ3v) is 3.97. The van der Waals surface area contributed by atoms with Crippen molar-refractivity contribution in [3.63, 3.8) is 0 Å². The third-order valence-electron chi connectivity index (χ3n) is 3.97. The van der Waals surface area contributed by atoms with Crippen LogP contribution in [-0.4, -0.2) is 38.7 Å². The van der Waals surface area contributed by atoms with Gasteiger partial charge in [0.2, 0.25) is 0 Å². The average molecular weight is 303 g/mol. The number of esters is 1. The monoisotopic (exact) mass is 303 g/mol. The Balaban J connectivity index is 1.91. The summed E-state index contributed by atoms with van der Waals surface area (Å²) in [5, 5.41) is 6.39. The second-order valence-corrected chi connectivity index (χ2v) is 5.59. The number of nitrogens with zero attached hydrogens (tertiary/aromatic N) is 1. The van der Waals surface area contributed by atoms with Gasteiger partial charge in [-0.15, -0.1) is 0 Å². The Morgan fingerprint density at radius 2 is 2.00 bits per heavy atom. The molecule has 0 radical (unpaired) electrons. The molecule has 0 bridgehead atoms. The molecule has 0 heterocycles. The predicted molar refractivity (Wildman–Crippen MR) is 88.0 cm³/mol. The topological polar surface area (TPSA) is 62.7 Å². The average Bonchev–Trinajstić information content (AvgIpc) is 3.34. The molecule has 1 fully saturated rings. The highest BCUT2D eigenvalue weighted by molar-refractivity contribution is 5.80. The van der Waals surface area contributed by atoms with Gasteiger partial charge in [-0.1, -0.05) is 30.3 Å². The molecule has 1 aliphatic carbocycles. The molecule has 1 saturated carbocycles. The van der Waals surface area contributed by atoms with Crippen molar-refractivity contribution in [3.8, 4) is 0 Å². The number of methoxy groups -OCH3 is 1. The fourth-order valence-corrected chi connectivity index (χ4v) is 2.44. The van der Waals surface area contributed by atoms with Crippen LogP contribution in [0.3, 0.4) is 0 Å². The number of hydrogen-bond acceptors (Lipinski definition) is 3. The van der Waals surface area contributed by atoms with Crippen molar-refractivity contribution in [1.29, 1.82) is 0 Å². The molecule has 0 aromatic heterocycles. The number of hydrogen-bond donors (Lipinski definition) is 2. The molecule has 1 aromatic rings. The fourth-order valence-electron chi connectivity index (χ4n) is 2.44. The summed E-state index contributed by atoms with van der Waals surface area (Å²) < 4.78 is 4.63. The fraction of sp³-hybridized carbons (Fsp3) is 0.529. The van der Waals surface area contributed by atoms with E-state index in [4.69, 9.17) is 0 Å². The minimum absolute atomic E-state index is 0.200. The van der Waals surface area contributed by atoms with Gasteiger partial charge in [0.15, 0.2) is 5.96 Å². The molecule has 1 aliphatic rings. The number of benzene rings is 1. The van der Waals surface area contributed by atoms with E-state index in [-0.39, 0.29) is 11.4 Å². The number of aliphatic imine (C=N–C) groups is 1. The largest absolute Gasteiger partial charge is 0.469 e. The summed E-state index contributed by atoms with van der Waals surface area (Å²) in [7, 11) is 1.40. The van der Waals surface area contributed by atoms with E-state index in [1.807, 2.05) is 13.0 Å². The molecule has 5 nitrogen and oxygen atoms in total. The molecule has 0 spiro atoms. The molecule has 120 valence electrons. The second kappa shape index (κ2) is 7.82. The van der Waals surface area contributed by atoms with Crippen molar-refractivity contribution < 1.29 is 9.53 Å². The molecular weight excluding hydrogens is 278 g/mol. The number of carbonyl (C=O) groups is 1. The maximum Gasteiger partial charge on any atom is 0.307 e. The Labute approximate surface area is 132 Å². The molecule has 1 aromatic carbocycles. The van der Waals surface area contributed by atoms with E-state index in [1.54, 1.807) is 0 Å². The van der Waals surface area contributed by atoms with E-state index < -0.39 is 0 Å². The summed E-state index contributed by atoms with van der Waals surface area (Å²) in [6, 6.07) is 10.6. The molecule has 0 saturated heterocycles. The van der Waals surface area contributed by atoms with E-state index in [1.165, 1.54) is 25.5 Å². The quantitative estimate of drug-likeness (QED) is 0.458. The number of nitrogens with one attached hydrogen (secondary N) is 2. The van der Waals surface area contributed by atoms with Crippen molar-refractivity contribution in [2.75, 3.05) is 26.7 Å². The first kappa shape index (κ1) is 16.3. The SMILES string of the molecule is CCNC(=NCC1(c2ccccc2)CC1)NCCC(=O)OC. The van der Waals surface area contributed by atoms with Crippen LogP contribution in [0.4, 0.5) is 0 Å². The summed E-state index contributed by atoms with van der Waals surface area (Å²) in [6.07, 6.45) is 2.70. The number of guanidine groups is 1. The van der Waals surface area contributed by atoms with Crippen molar-refractivity contribution in [2.24, 2.45) is 4.99 Å². The Morgan fingerprint density at radius 3 is 2.59 bits per heavy atom. The van der Waals surface area contributed by atoms with Crippen LogP contribution in [0.1, 0.15) is 31.7 Å². The number of ether oxygens (including phenoxy) is 1. The van der Waals surface area contributed by atoms with Gasteiger partial charge in [0.05, 0.1) is 20.1 Å². The Kier molecular flexibility index (Phi) is 5.81. The maximum atomic E-state index is 11.1. The Bertz CT molecular complexity index is 510. The molecular formula is C17H25N3O2. The Hall–Kier alpha value is -2.04. The smallest absolute Gasteiger partial charge is 0.307 e. The van der Waals surface area contributed by atoms with Gasteiger partial charge in [-0.25, -0.2) is 0 Å². The molecule has 22 heavy (non-hydrogen) atoms. The summed E-state index contributed by atoms with van der Waals surface area (Å²) in [6.45, 7) is 4.12. The zero-order valence-electron chi connectivity index (χ0n) is 13.4. The predicted octanol–water partition coefficient (Wildman–Crippen LogP) is 1.84. The lowest BCUT2D eigenvalue weighted by Crippen LogP contribution is -2.39. The van der Waals surface area contributed by atoms with Gasteiger partial charge < -0.3 is 15.4 Å². The van der Waals surface area contributed by atoms with Gasteiger partial charge >= 0.3 is 5.97 Å². The van der Waals surface area contributed by atoms with Crippen LogP contribution < -0.4 is 10.6 Å². The molecule has 0 aliphatic heterocycles. The Morgan fingerprint density at radius 1 is 1.27 bits per heavy atom. The maximum absolute atomic E-state index is 11.1. The summed E-state index contributed by atoms with van der Waals surface area (Å²) >= 11 is 0. The standard InChI is InChI=1S/C17H25N3O2/c1-3-18-16(19-12-9-15(21)22-2)20-13-17(10-11-17)14-7-5-4-6-8-14/h4-8H,3,9-13H2,1-2H3,(H2,18,19,20). The van der Waals surface area contributed by atoms with Crippen LogP contribution >= 0.6 is 0 Å². The van der Waals surface area contributed by atoms with E-state index in [9.17, 15) is 4.79 Å². The van der Waals surface area contributed by atoms with E-state index in [0.717, 1.165) is 19.0 Å². The van der Waals surface area contributed by atoms with Gasteiger partial charge in [-0.05, 0) is 25.3 Å². The lowest BCUT2D eigenvalue weighted by Gasteiger charge is -2.15. The number of rotatable bonds is 7. The van der Waals surface area contributed by atoms with E-state index >= 15 is 0 Å². The lowest BCUT2D eigenvalue weighted by molar-refractivity contribution is -0.140. The van der Waals surface area contributed by atoms with E-state index in [2.05, 4.69) is 44.6 Å². The number of carbonyl (C=O) groups excluding carboxylic acids is 1. The minimum atomic E-state index is -0.216. The third kappa shape index (κ3) is 4.48. The molecule has 0 unspecified atom stereocenters. The highest BCUT2D eigenvalue weighted by atomic mass is 16.5. The summed E-state index contributed by atoms with van der Waals surface area (Å²) in [5.74, 6) is 0.542. The summed E-state index contributed by atoms with van der Waals surface area (Å²) in [5.41, 5.74) is 1.57. The first-order chi connectivity index (χ1) is 10.7. The highest BCUT2D eigenvalue weighted by Crippen LogP contribution is 2.48. The van der Waals surface area contributed by atoms with Crippen LogP contribution in [0.2, 0.25) is 0 Å². The second-order valence-electron chi connectivity index (χ2n) is 5.59. The molecule has 0 amide bonds. The molecule has 0 atom stereocenters. The van der Waals surface area contributed by atoms with Gasteiger partial charge in [0.1, 0.15) is 0 Å². The van der Waals surface area contributed by atoms with Crippen LogP contribution in [-0.2, 0) is 14.9 Å². The van der Waals surface area contributed by atoms with Gasteiger partial charge in [0.25, 0.3) is 0 Å². The van der Waals surface area contributed by atoms with E-state index in [0.29, 0.717) is 13.0 Å². The van der Waals surface area contributed by atoms with Crippen LogP contribution in [0.15, 0.2) is 35.3 Å². The van der Waals surface area contributed by atoms with Gasteiger partial charge in [-0.3, -0.25) is 9.79 Å². The molecule has 2 rings (SSSR count). The zero-order chi connectivity index (χ0) is 15.8. The molecule has 5 heteroatoms. The summed E-state index contributed by atoms with van der Waals surface area (Å²) in [4.78, 5) is 15.8. The van der Waals surface area contributed by atoms with Crippen LogP contribution in [0.25, 0.3) is 0 Å². The zero-order valence-corrected chi connectivity index (χ0v) is 13.4. The van der Waals surface area contributed by atoms with Crippen molar-refractivity contribution in [1.82, 2.24) is 10.6 Å². The van der Waals surface area contributed by atoms with Gasteiger partial charge in [-0.2, -0.15) is 0 Å². The van der Waals surface area contributed by atoms with Crippen LogP contribution in [0, 0.1) is 0 Å². The highest BCUT2D eigenvalue weighted by Gasteiger charge is 2.43. The first-order valence-corrected chi connectivity index (χ1v) is 7.85. The lowest BCUT2D eigenvalue weighted by atomic mass is 9.96. The van der Waals surface area contributed by atoms with Crippen molar-refractivity contribution in [2.45, 2.75) is 31.6 Å². The minimum Gasteiger partial charge on any atom is -0.469 e. The van der Waals surface area contributed by atoms with Crippen molar-refractivity contribution in [3.05, 3.63) is 35.9 Å². The first-order valence-electron chi connectivity index (χ1n) is 7.85. The normalized spacial score (nSPS) is 16.0. The molecule has 2 N–H and O–H groups in total. The van der Waals surface area contributed by atoms with Crippen molar-refractivity contribution >= 4 is 11.9 Å².